The third kappa shape index (κ3) is 13.8. The Morgan fingerprint density at radius 1 is 0.121 bits per heavy atom. The predicted molar refractivity (Wildman–Crippen MR) is 605 cm³/mol. The largest absolute Gasteiger partial charge is 0.309 e. The van der Waals surface area contributed by atoms with E-state index in [1.807, 2.05) is 108 Å². The van der Waals surface area contributed by atoms with Crippen molar-refractivity contribution in [1.82, 2.24) is 18.3 Å². The number of nitrogens with zero attached hydrogens (tertiary/aromatic N) is 4. The van der Waals surface area contributed by atoms with Crippen LogP contribution < -0.4 is 83.0 Å². The van der Waals surface area contributed by atoms with Crippen LogP contribution in [0.15, 0.2) is 582 Å². The van der Waals surface area contributed by atoms with E-state index in [4.69, 9.17) is 8.22 Å². The predicted octanol–water partition coefficient (Wildman–Crippen LogP) is 21.3. The van der Waals surface area contributed by atoms with Crippen LogP contribution in [0.4, 0.5) is 0 Å². The summed E-state index contributed by atoms with van der Waals surface area (Å²) in [6.45, 7) is 0. The third-order valence-corrected chi connectivity index (χ3v) is 47.9. The van der Waals surface area contributed by atoms with Gasteiger partial charge in [-0.25, -0.2) is 0 Å². The first kappa shape index (κ1) is 75.1. The normalized spacial score (nSPS) is 12.9. The monoisotopic (exact) mass is 1860 g/mol. The molecule has 26 aromatic rings. The lowest BCUT2D eigenvalue weighted by molar-refractivity contribution is 1.17. The zero-order chi connectivity index (χ0) is 101. The Morgan fingerprint density at radius 3 is 0.714 bits per heavy atom. The average Bonchev–Trinajstić information content (AvgIpc) is 1.45. The highest BCUT2D eigenvalue weighted by Crippen LogP contribution is 2.41. The van der Waals surface area contributed by atoms with E-state index in [0.717, 1.165) is 76.2 Å². The van der Waals surface area contributed by atoms with Gasteiger partial charge in [0.2, 0.25) is 0 Å². The van der Waals surface area contributed by atoms with Crippen molar-refractivity contribution in [3.63, 3.8) is 0 Å². The van der Waals surface area contributed by atoms with Gasteiger partial charge >= 0.3 is 0 Å². The van der Waals surface area contributed by atoms with Crippen LogP contribution in [0.2, 0.25) is 0 Å². The Labute approximate surface area is 832 Å². The van der Waals surface area contributed by atoms with E-state index in [1.54, 1.807) is 0 Å². The molecular formula is C132H96N4Si4. The first-order valence-corrected chi connectivity index (χ1v) is 55.8. The van der Waals surface area contributed by atoms with Crippen molar-refractivity contribution < 1.29 is 12.3 Å². The minimum absolute atomic E-state index is 0.0913. The number of para-hydroxylation sites is 4. The molecule has 140 heavy (non-hydrogen) atoms. The zero-order valence-electron chi connectivity index (χ0n) is 85.5. The van der Waals surface area contributed by atoms with Crippen molar-refractivity contribution >= 4 is 203 Å². The lowest BCUT2D eigenvalue weighted by atomic mass is 10.1. The van der Waals surface area contributed by atoms with Crippen molar-refractivity contribution in [2.45, 2.75) is 0 Å². The number of rotatable bonds is 20. The zero-order valence-corrected chi connectivity index (χ0v) is 80.5. The molecule has 0 spiro atoms. The van der Waals surface area contributed by atoms with Crippen molar-refractivity contribution in [2.24, 2.45) is 0 Å². The van der Waals surface area contributed by atoms with E-state index in [9.17, 15) is 4.11 Å². The molecule has 0 aliphatic heterocycles. The van der Waals surface area contributed by atoms with Crippen LogP contribution in [0, 0.1) is 0 Å². The van der Waals surface area contributed by atoms with Gasteiger partial charge in [0, 0.05) is 65.8 Å². The molecule has 4 nitrogen and oxygen atoms in total. The number of hydrogen-bond acceptors (Lipinski definition) is 0. The summed E-state index contributed by atoms with van der Waals surface area (Å²) < 4.78 is 91.4. The first-order valence-electron chi connectivity index (χ1n) is 52.3. The van der Waals surface area contributed by atoms with E-state index in [0.29, 0.717) is 10.9 Å². The van der Waals surface area contributed by atoms with E-state index < -0.39 is 38.3 Å². The maximum atomic E-state index is 9.65. The van der Waals surface area contributed by atoms with Gasteiger partial charge in [0.05, 0.1) is 56.5 Å². The van der Waals surface area contributed by atoms with Crippen molar-refractivity contribution in [3.8, 4) is 22.7 Å². The van der Waals surface area contributed by atoms with Crippen LogP contribution >= 0.6 is 0 Å². The second-order valence-corrected chi connectivity index (χ2v) is 51.3. The van der Waals surface area contributed by atoms with E-state index in [1.165, 1.54) is 101 Å². The smallest absolute Gasteiger partial charge is 0.179 e. The van der Waals surface area contributed by atoms with Gasteiger partial charge in [-0.2, -0.15) is 0 Å². The van der Waals surface area contributed by atoms with E-state index >= 15 is 0 Å². The molecule has 8 heteroatoms. The van der Waals surface area contributed by atoms with Crippen LogP contribution in [-0.4, -0.2) is 50.6 Å². The molecule has 0 aliphatic carbocycles. The Bertz CT molecular complexity index is 9270. The van der Waals surface area contributed by atoms with Gasteiger partial charge in [-0.05, 0) is 180 Å². The second-order valence-electron chi connectivity index (χ2n) is 36.1. The molecule has 4 aromatic heterocycles. The van der Waals surface area contributed by atoms with Crippen LogP contribution in [0.1, 0.15) is 12.3 Å². The third-order valence-electron chi connectivity index (χ3n) is 29.0. The molecule has 0 fully saturated rings. The van der Waals surface area contributed by atoms with Crippen molar-refractivity contribution in [3.05, 3.63) is 582 Å². The summed E-state index contributed by atoms with van der Waals surface area (Å²) in [6, 6.07) is 188. The SMILES string of the molecule is [2H]c1c([2H])c([2H])c([Si](c2ccccc2)(c2ccccc2)c2cccc(-n3c4ccc(-n5c6ccccc6c6c([2H])c([2H])c([2H])c([2H])c65)cc4c4cc([Si](c5ccccc5)(c5ccccc5)c5ccccc5)ccc43)c2)c([2H])c1[2H].c1ccc([Si](c2ccccc2)(c2ccccc2)c2cccc(-n3c4ccccc4c4cc(-n5c6ccccc6c6ccc([Si](c7ccccc7)(c7ccccc7)c7ccccc7)cc65)ccc43)c2)cc1. The standard InChI is InChI=1S/2C66H48N2Si2/c1-7-25-51(26-8-1)69(52-27-9-2-10-28-52,53-29-11-3-12-30-53)57-37-23-24-49(46-57)67-64-41-22-20-39-60(64)62-47-50(42-45-65(62)67)68-63-40-21-19-38-59(63)61-44-43-58(48-66(61)68)70(54-31-13-4-14-32-54,55-33-15-5-16-34-55)56-35-17-6-18-36-56;1-7-25-51(26-8-1)69(52-27-9-2-10-28-52,53-29-11-3-12-30-53)57-37-23-24-49(46-57)67-65-44-42-50(68-63-40-21-19-38-59(63)60-39-20-22-41-64(60)68)47-61(65)62-48-58(43-45-66(62)67)70(54-31-13-4-14-32-54,55-33-15-5-16-34-55)56-35-17-6-18-36-56/h2*1-48H/i;1D,7D,8D,19D,21D,25D,26D,38D,40D. The fraction of sp³-hybridized carbons (Fsp3) is 0. The molecule has 22 aromatic carbocycles. The molecule has 0 bridgehead atoms. The van der Waals surface area contributed by atoms with Gasteiger partial charge < -0.3 is 18.3 Å². The number of fused-ring (bicyclic) bond motifs is 12. The van der Waals surface area contributed by atoms with Gasteiger partial charge in [-0.1, -0.05) is 485 Å². The van der Waals surface area contributed by atoms with Gasteiger partial charge in [0.15, 0.2) is 32.3 Å². The van der Waals surface area contributed by atoms with Gasteiger partial charge in [-0.3, -0.25) is 0 Å². The highest BCUT2D eigenvalue weighted by Gasteiger charge is 2.47. The van der Waals surface area contributed by atoms with Crippen molar-refractivity contribution in [2.75, 3.05) is 0 Å². The second kappa shape index (κ2) is 35.9. The highest BCUT2D eigenvalue weighted by molar-refractivity contribution is 7.22. The summed E-state index contributed by atoms with van der Waals surface area (Å²) in [5.41, 5.74) is 11.5. The van der Waals surface area contributed by atoms with E-state index in [2.05, 4.69) is 438 Å². The van der Waals surface area contributed by atoms with E-state index in [-0.39, 0.29) is 53.5 Å². The molecule has 0 saturated carbocycles. The van der Waals surface area contributed by atoms with Gasteiger partial charge in [-0.15, -0.1) is 0 Å². The summed E-state index contributed by atoms with van der Waals surface area (Å²) in [5.74, 6) is 0. The molecular weight excluding hydrogens is 1750 g/mol. The fourth-order valence-electron chi connectivity index (χ4n) is 23.2. The summed E-state index contributed by atoms with van der Waals surface area (Å²) in [5, 5.41) is 26.5. The Morgan fingerprint density at radius 2 is 0.350 bits per heavy atom. The molecule has 26 rings (SSSR count). The number of hydrogen-bond donors (Lipinski definition) is 0. The maximum Gasteiger partial charge on any atom is 0.179 e. The topological polar surface area (TPSA) is 19.7 Å². The quantitative estimate of drug-likeness (QED) is 0.0535. The molecule has 4 heterocycles. The van der Waals surface area contributed by atoms with Crippen LogP contribution in [-0.2, 0) is 0 Å². The van der Waals surface area contributed by atoms with Gasteiger partial charge in [0.25, 0.3) is 0 Å². The Balaban J connectivity index is 0.000000156. The Hall–Kier alpha value is -17.1. The highest BCUT2D eigenvalue weighted by atomic mass is 28.3. The number of benzene rings is 22. The first-order chi connectivity index (χ1) is 73.2. The van der Waals surface area contributed by atoms with Crippen LogP contribution in [0.5, 0.6) is 0 Å². The van der Waals surface area contributed by atoms with Gasteiger partial charge in [0.1, 0.15) is 0 Å². The molecule has 660 valence electrons. The lowest BCUT2D eigenvalue weighted by Gasteiger charge is -2.35. The fourth-order valence-corrected chi connectivity index (χ4v) is 41.9. The Kier molecular flexibility index (Phi) is 19.3. The average molecular weight is 1860 g/mol. The molecule has 0 unspecified atom stereocenters. The van der Waals surface area contributed by atoms with Crippen LogP contribution in [0.25, 0.3) is 110 Å². The molecule has 0 aliphatic rings. The van der Waals surface area contributed by atoms with Crippen LogP contribution in [0.3, 0.4) is 0 Å². The number of aromatic nitrogens is 4. The molecule has 0 atom stereocenters. The summed E-state index contributed by atoms with van der Waals surface area (Å²) in [4.78, 5) is 0. The maximum absolute atomic E-state index is 9.65. The summed E-state index contributed by atoms with van der Waals surface area (Å²) >= 11 is 0. The summed E-state index contributed by atoms with van der Waals surface area (Å²) in [7, 11) is -12.4. The molecule has 0 radical (unpaired) electrons. The van der Waals surface area contributed by atoms with Crippen molar-refractivity contribution in [1.29, 1.82) is 0 Å². The molecule has 0 saturated heterocycles. The minimum Gasteiger partial charge on any atom is -0.309 e. The lowest BCUT2D eigenvalue weighted by Crippen LogP contribution is -2.74. The molecule has 0 amide bonds. The molecule has 0 N–H and O–H groups in total. The summed E-state index contributed by atoms with van der Waals surface area (Å²) in [6.07, 6.45) is 0. The minimum atomic E-state index is -3.79.